The highest BCUT2D eigenvalue weighted by atomic mass is 14.3. The van der Waals surface area contributed by atoms with Crippen LogP contribution in [-0.4, -0.2) is 0 Å². The van der Waals surface area contributed by atoms with E-state index in [0.29, 0.717) is 5.92 Å². The van der Waals surface area contributed by atoms with Crippen molar-refractivity contribution in [2.45, 2.75) is 25.2 Å². The summed E-state index contributed by atoms with van der Waals surface area (Å²) in [5.41, 5.74) is 10.1. The molecule has 0 nitrogen and oxygen atoms in total. The topological polar surface area (TPSA) is 0 Å². The van der Waals surface area contributed by atoms with Crippen molar-refractivity contribution in [3.63, 3.8) is 0 Å². The van der Waals surface area contributed by atoms with Crippen LogP contribution in [0, 0.1) is 0 Å². The maximum atomic E-state index is 2.42. The maximum absolute atomic E-state index is 2.42. The zero-order chi connectivity index (χ0) is 18.5. The number of fused-ring (bicyclic) bond motifs is 3. The Kier molecular flexibility index (Phi) is 3.52. The van der Waals surface area contributed by atoms with Crippen molar-refractivity contribution in [1.82, 2.24) is 0 Å². The van der Waals surface area contributed by atoms with Gasteiger partial charge in [-0.15, -0.1) is 0 Å². The van der Waals surface area contributed by atoms with Gasteiger partial charge in [-0.2, -0.15) is 0 Å². The molecule has 0 amide bonds. The number of hydrogen-bond donors (Lipinski definition) is 0. The van der Waals surface area contributed by atoms with E-state index in [1.165, 1.54) is 49.7 Å². The Balaban J connectivity index is 1.32. The molecule has 134 valence electrons. The van der Waals surface area contributed by atoms with Crippen LogP contribution in [0.1, 0.15) is 33.7 Å². The van der Waals surface area contributed by atoms with Crippen molar-refractivity contribution in [3.05, 3.63) is 113 Å². The lowest BCUT2D eigenvalue weighted by Gasteiger charge is -2.11. The van der Waals surface area contributed by atoms with Crippen molar-refractivity contribution in [3.8, 4) is 11.1 Å². The summed E-state index contributed by atoms with van der Waals surface area (Å²) >= 11 is 0. The van der Waals surface area contributed by atoms with Crippen LogP contribution in [-0.2, 0) is 19.3 Å². The van der Waals surface area contributed by atoms with E-state index in [-0.39, 0.29) is 0 Å². The monoisotopic (exact) mass is 358 g/mol. The summed E-state index contributed by atoms with van der Waals surface area (Å²) in [6.07, 6.45) is 7.96. The van der Waals surface area contributed by atoms with Gasteiger partial charge in [-0.25, -0.2) is 0 Å². The van der Waals surface area contributed by atoms with Gasteiger partial charge in [0, 0.05) is 0 Å². The van der Waals surface area contributed by atoms with Crippen molar-refractivity contribution in [2.24, 2.45) is 0 Å². The minimum absolute atomic E-state index is 0.612. The molecule has 6 rings (SSSR count). The summed E-state index contributed by atoms with van der Waals surface area (Å²) in [5.74, 6) is 0.612. The highest BCUT2D eigenvalue weighted by Gasteiger charge is 2.24. The second-order valence-corrected chi connectivity index (χ2v) is 8.22. The van der Waals surface area contributed by atoms with E-state index in [2.05, 4.69) is 91.0 Å². The Morgan fingerprint density at radius 2 is 1.39 bits per heavy atom. The summed E-state index contributed by atoms with van der Waals surface area (Å²) in [6.45, 7) is 0. The zero-order valence-electron chi connectivity index (χ0n) is 15.9. The number of benzene rings is 4. The minimum atomic E-state index is 0.612. The quantitative estimate of drug-likeness (QED) is 0.363. The lowest BCUT2D eigenvalue weighted by atomic mass is 9.93. The Bertz CT molecular complexity index is 1240. The van der Waals surface area contributed by atoms with E-state index in [0.717, 1.165) is 19.3 Å². The summed E-state index contributed by atoms with van der Waals surface area (Å²) in [7, 11) is 0. The fraction of sp³-hybridized carbons (Fsp3) is 0.143. The lowest BCUT2D eigenvalue weighted by Crippen LogP contribution is -1.98. The summed E-state index contributed by atoms with van der Waals surface area (Å²) < 4.78 is 0. The second-order valence-electron chi connectivity index (χ2n) is 8.22. The molecule has 0 N–H and O–H groups in total. The van der Waals surface area contributed by atoms with E-state index in [4.69, 9.17) is 0 Å². The van der Waals surface area contributed by atoms with Crippen molar-refractivity contribution < 1.29 is 0 Å². The highest BCUT2D eigenvalue weighted by Crippen LogP contribution is 2.37. The first-order valence-electron chi connectivity index (χ1n) is 10.2. The van der Waals surface area contributed by atoms with Gasteiger partial charge in [-0.1, -0.05) is 84.9 Å². The molecule has 1 unspecified atom stereocenters. The predicted molar refractivity (Wildman–Crippen MR) is 119 cm³/mol. The van der Waals surface area contributed by atoms with Gasteiger partial charge in [-0.3, -0.25) is 0 Å². The zero-order valence-corrected chi connectivity index (χ0v) is 15.9. The number of rotatable bonds is 2. The fourth-order valence-electron chi connectivity index (χ4n) is 4.92. The Labute approximate surface area is 166 Å². The summed E-state index contributed by atoms with van der Waals surface area (Å²) in [6, 6.07) is 29.6. The molecule has 0 fully saturated rings. The van der Waals surface area contributed by atoms with Crippen LogP contribution < -0.4 is 0 Å². The molecule has 1 atom stereocenters. The average Bonchev–Trinajstić information content (AvgIpc) is 3.39. The molecule has 0 radical (unpaired) electrons. The molecule has 0 saturated heterocycles. The molecule has 0 bridgehead atoms. The average molecular weight is 358 g/mol. The Morgan fingerprint density at radius 1 is 0.607 bits per heavy atom. The number of hydrogen-bond acceptors (Lipinski definition) is 0. The van der Waals surface area contributed by atoms with Gasteiger partial charge >= 0.3 is 0 Å². The van der Waals surface area contributed by atoms with Crippen molar-refractivity contribution in [1.29, 1.82) is 0 Å². The van der Waals surface area contributed by atoms with E-state index >= 15 is 0 Å². The van der Waals surface area contributed by atoms with E-state index in [1.807, 2.05) is 0 Å². The van der Waals surface area contributed by atoms with Gasteiger partial charge in [0.1, 0.15) is 0 Å². The molecule has 0 aromatic heterocycles. The molecular formula is C28H22. The Morgan fingerprint density at radius 3 is 2.36 bits per heavy atom. The van der Waals surface area contributed by atoms with Gasteiger partial charge in [0.15, 0.2) is 0 Å². The Hall–Kier alpha value is -3.12. The molecule has 0 aliphatic heterocycles. The van der Waals surface area contributed by atoms with Crippen LogP contribution in [0.2, 0.25) is 0 Å². The largest absolute Gasteiger partial charge is 0.0795 e. The molecule has 0 heteroatoms. The summed E-state index contributed by atoms with van der Waals surface area (Å²) in [4.78, 5) is 0. The van der Waals surface area contributed by atoms with Gasteiger partial charge in [0.05, 0.1) is 0 Å². The van der Waals surface area contributed by atoms with Crippen LogP contribution in [0.15, 0.2) is 84.9 Å². The van der Waals surface area contributed by atoms with Crippen molar-refractivity contribution in [2.75, 3.05) is 0 Å². The predicted octanol–water partition coefficient (Wildman–Crippen LogP) is 6.96. The lowest BCUT2D eigenvalue weighted by molar-refractivity contribution is 0.741. The molecule has 0 saturated carbocycles. The molecular weight excluding hydrogens is 336 g/mol. The minimum Gasteiger partial charge on any atom is -0.0795 e. The maximum Gasteiger partial charge on any atom is -0.00806 e. The second kappa shape index (κ2) is 6.21. The highest BCUT2D eigenvalue weighted by molar-refractivity contribution is 5.87. The molecule has 4 aromatic rings. The third kappa shape index (κ3) is 2.60. The van der Waals surface area contributed by atoms with Gasteiger partial charge in [0.25, 0.3) is 0 Å². The van der Waals surface area contributed by atoms with Crippen LogP contribution in [0.3, 0.4) is 0 Å². The molecule has 2 aliphatic rings. The normalized spacial score (nSPS) is 17.1. The van der Waals surface area contributed by atoms with Crippen LogP contribution in [0.25, 0.3) is 28.0 Å². The molecule has 28 heavy (non-hydrogen) atoms. The molecule has 4 aromatic carbocycles. The number of allylic oxidation sites excluding steroid dienone is 1. The fourth-order valence-corrected chi connectivity index (χ4v) is 4.92. The standard InChI is InChI=1S/C28H22/c1-2-5-21-14-23(10-8-19(21)4-1)24-12-13-26-17-28(18-27(26)16-24)25-11-9-20-6-3-7-22(20)15-25/h1-5,7-16,28H,6,17-18H2. The molecule has 0 spiro atoms. The van der Waals surface area contributed by atoms with Crippen molar-refractivity contribution >= 4 is 16.8 Å². The van der Waals surface area contributed by atoms with E-state index in [1.54, 1.807) is 0 Å². The first-order valence-corrected chi connectivity index (χ1v) is 10.2. The first-order chi connectivity index (χ1) is 13.8. The molecule has 2 aliphatic carbocycles. The smallest absolute Gasteiger partial charge is 0.00806 e. The third-order valence-electron chi connectivity index (χ3n) is 6.50. The third-order valence-corrected chi connectivity index (χ3v) is 6.50. The van der Waals surface area contributed by atoms with Crippen LogP contribution in [0.4, 0.5) is 0 Å². The van der Waals surface area contributed by atoms with Crippen LogP contribution in [0.5, 0.6) is 0 Å². The van der Waals surface area contributed by atoms with Gasteiger partial charge in [-0.05, 0) is 81.0 Å². The SMILES string of the molecule is C1=Cc2cc(C3Cc4ccc(-c5ccc6ccccc6c5)cc4C3)ccc2C1. The summed E-state index contributed by atoms with van der Waals surface area (Å²) in [5, 5.41) is 2.61. The van der Waals surface area contributed by atoms with Gasteiger partial charge < -0.3 is 0 Å². The van der Waals surface area contributed by atoms with E-state index < -0.39 is 0 Å². The molecule has 0 heterocycles. The van der Waals surface area contributed by atoms with Crippen LogP contribution >= 0.6 is 0 Å². The van der Waals surface area contributed by atoms with E-state index in [9.17, 15) is 0 Å². The van der Waals surface area contributed by atoms with Gasteiger partial charge in [0.2, 0.25) is 0 Å². The first kappa shape index (κ1) is 15.9.